The fourth-order valence-corrected chi connectivity index (χ4v) is 2.35. The van der Waals surface area contributed by atoms with Crippen molar-refractivity contribution >= 4 is 23.1 Å². The molecule has 0 bridgehead atoms. The number of rotatable bonds is 5. The van der Waals surface area contributed by atoms with Crippen molar-refractivity contribution in [2.45, 2.75) is 29.9 Å². The van der Waals surface area contributed by atoms with Gasteiger partial charge in [0.2, 0.25) is 5.89 Å². The molecule has 0 saturated heterocycles. The normalized spacial score (nSPS) is 10.7. The van der Waals surface area contributed by atoms with E-state index in [9.17, 15) is 0 Å². The molecule has 0 radical (unpaired) electrons. The molecule has 0 atom stereocenters. The summed E-state index contributed by atoms with van der Waals surface area (Å²) in [5, 5.41) is 11.5. The van der Waals surface area contributed by atoms with E-state index in [2.05, 4.69) is 27.3 Å². The van der Waals surface area contributed by atoms with Gasteiger partial charge in [-0.3, -0.25) is 0 Å². The predicted octanol–water partition coefficient (Wildman–Crippen LogP) is 2.17. The molecule has 0 spiro atoms. The number of thioether (sulfide) groups is 1. The van der Waals surface area contributed by atoms with Crippen LogP contribution in [0.3, 0.4) is 0 Å². The van der Waals surface area contributed by atoms with Gasteiger partial charge < -0.3 is 4.52 Å². The predicted molar refractivity (Wildman–Crippen MR) is 57.8 cm³/mol. The molecule has 0 aliphatic carbocycles. The molecule has 0 unspecified atom stereocenters. The molecule has 0 aliphatic heterocycles. The summed E-state index contributed by atoms with van der Waals surface area (Å²) in [7, 11) is 0. The summed E-state index contributed by atoms with van der Waals surface area (Å²) in [6.07, 6.45) is 1.90. The summed E-state index contributed by atoms with van der Waals surface area (Å²) in [6, 6.07) is 0. The molecule has 80 valence electrons. The molecule has 0 N–H and O–H groups in total. The minimum Gasteiger partial charge on any atom is -0.338 e. The zero-order valence-corrected chi connectivity index (χ0v) is 9.85. The maximum atomic E-state index is 5.09. The standard InChI is InChI=1S/C8H10N4OS2/c1-2-3-6-10-7(13-12-6)4-14-8-11-9-5-15-8/h5H,2-4H2,1H3. The third kappa shape index (κ3) is 3.00. The van der Waals surface area contributed by atoms with E-state index in [0.717, 1.165) is 23.0 Å². The summed E-state index contributed by atoms with van der Waals surface area (Å²) < 4.78 is 6.01. The SMILES string of the molecule is CCCc1noc(CSc2nncs2)n1. The minimum absolute atomic E-state index is 0.652. The second-order valence-corrected chi connectivity index (χ2v) is 4.90. The Hall–Kier alpha value is -0.950. The molecule has 0 aromatic carbocycles. The summed E-state index contributed by atoms with van der Waals surface area (Å²) in [4.78, 5) is 4.26. The molecule has 2 heterocycles. The zero-order valence-electron chi connectivity index (χ0n) is 8.21. The van der Waals surface area contributed by atoms with Crippen molar-refractivity contribution < 1.29 is 4.52 Å². The Morgan fingerprint density at radius 2 is 2.47 bits per heavy atom. The molecule has 0 fully saturated rings. The third-order valence-electron chi connectivity index (χ3n) is 1.64. The second-order valence-electron chi connectivity index (χ2n) is 2.85. The fourth-order valence-electron chi connectivity index (χ4n) is 1.02. The number of hydrogen-bond donors (Lipinski definition) is 0. The average Bonchev–Trinajstić information content (AvgIpc) is 2.85. The first-order valence-corrected chi connectivity index (χ1v) is 6.45. The highest BCUT2D eigenvalue weighted by Crippen LogP contribution is 2.22. The molecule has 0 aliphatic rings. The van der Waals surface area contributed by atoms with Crippen LogP contribution in [0.2, 0.25) is 0 Å². The largest absolute Gasteiger partial charge is 0.338 e. The molecule has 0 amide bonds. The van der Waals surface area contributed by atoms with Crippen molar-refractivity contribution in [2.75, 3.05) is 0 Å². The highest BCUT2D eigenvalue weighted by molar-refractivity contribution is 8.00. The summed E-state index contributed by atoms with van der Waals surface area (Å²) in [5.74, 6) is 2.09. The Morgan fingerprint density at radius 3 is 3.20 bits per heavy atom. The van der Waals surface area contributed by atoms with Crippen LogP contribution in [0.4, 0.5) is 0 Å². The van der Waals surface area contributed by atoms with E-state index in [1.54, 1.807) is 17.3 Å². The van der Waals surface area contributed by atoms with Gasteiger partial charge in [-0.1, -0.05) is 35.2 Å². The van der Waals surface area contributed by atoms with Crippen LogP contribution in [-0.2, 0) is 12.2 Å². The Kier molecular flexibility index (Phi) is 3.68. The van der Waals surface area contributed by atoms with Crippen LogP contribution >= 0.6 is 23.1 Å². The molecule has 2 aromatic rings. The lowest BCUT2D eigenvalue weighted by Gasteiger charge is -1.88. The number of aromatic nitrogens is 4. The van der Waals surface area contributed by atoms with Crippen molar-refractivity contribution in [3.05, 3.63) is 17.2 Å². The van der Waals surface area contributed by atoms with Gasteiger partial charge in [0.25, 0.3) is 0 Å². The molecule has 0 saturated carbocycles. The zero-order chi connectivity index (χ0) is 10.5. The topological polar surface area (TPSA) is 64.7 Å². The molecular formula is C8H10N4OS2. The van der Waals surface area contributed by atoms with Gasteiger partial charge in [-0.05, 0) is 6.42 Å². The lowest BCUT2D eigenvalue weighted by molar-refractivity contribution is 0.384. The number of hydrogen-bond acceptors (Lipinski definition) is 7. The van der Waals surface area contributed by atoms with Crippen LogP contribution < -0.4 is 0 Å². The van der Waals surface area contributed by atoms with Crippen molar-refractivity contribution in [2.24, 2.45) is 0 Å². The number of aryl methyl sites for hydroxylation is 1. The molecule has 5 nitrogen and oxygen atoms in total. The van der Waals surface area contributed by atoms with Crippen LogP contribution in [-0.4, -0.2) is 20.3 Å². The van der Waals surface area contributed by atoms with Gasteiger partial charge in [-0.15, -0.1) is 10.2 Å². The van der Waals surface area contributed by atoms with E-state index >= 15 is 0 Å². The van der Waals surface area contributed by atoms with E-state index in [1.807, 2.05) is 0 Å². The van der Waals surface area contributed by atoms with Crippen molar-refractivity contribution in [3.8, 4) is 0 Å². The van der Waals surface area contributed by atoms with Crippen LogP contribution in [0.1, 0.15) is 25.1 Å². The third-order valence-corrected chi connectivity index (χ3v) is 3.49. The lowest BCUT2D eigenvalue weighted by Crippen LogP contribution is -1.86. The van der Waals surface area contributed by atoms with Crippen molar-refractivity contribution in [1.29, 1.82) is 0 Å². The summed E-state index contributed by atoms with van der Waals surface area (Å²) in [6.45, 7) is 2.09. The molecular weight excluding hydrogens is 232 g/mol. The number of nitrogens with zero attached hydrogens (tertiary/aromatic N) is 4. The van der Waals surface area contributed by atoms with Crippen LogP contribution in [0.25, 0.3) is 0 Å². The van der Waals surface area contributed by atoms with Gasteiger partial charge in [0.1, 0.15) is 5.51 Å². The Balaban J connectivity index is 1.88. The van der Waals surface area contributed by atoms with Gasteiger partial charge >= 0.3 is 0 Å². The monoisotopic (exact) mass is 242 g/mol. The van der Waals surface area contributed by atoms with Gasteiger partial charge in [0.05, 0.1) is 5.75 Å². The molecule has 2 rings (SSSR count). The van der Waals surface area contributed by atoms with E-state index in [-0.39, 0.29) is 0 Å². The smallest absolute Gasteiger partial charge is 0.237 e. The maximum Gasteiger partial charge on any atom is 0.237 e. The molecule has 7 heteroatoms. The first-order valence-electron chi connectivity index (χ1n) is 4.59. The van der Waals surface area contributed by atoms with E-state index in [1.165, 1.54) is 11.3 Å². The lowest BCUT2D eigenvalue weighted by atomic mass is 10.3. The van der Waals surface area contributed by atoms with Crippen LogP contribution in [0.15, 0.2) is 14.4 Å². The quantitative estimate of drug-likeness (QED) is 0.749. The highest BCUT2D eigenvalue weighted by atomic mass is 32.2. The molecule has 2 aromatic heterocycles. The molecule has 15 heavy (non-hydrogen) atoms. The van der Waals surface area contributed by atoms with Crippen molar-refractivity contribution in [3.63, 3.8) is 0 Å². The van der Waals surface area contributed by atoms with Gasteiger partial charge in [-0.25, -0.2) is 0 Å². The van der Waals surface area contributed by atoms with Gasteiger partial charge in [0.15, 0.2) is 10.2 Å². The second kappa shape index (κ2) is 5.22. The maximum absolute atomic E-state index is 5.09. The van der Waals surface area contributed by atoms with Crippen LogP contribution in [0.5, 0.6) is 0 Å². The average molecular weight is 242 g/mol. The first-order chi connectivity index (χ1) is 7.38. The first kappa shape index (κ1) is 10.6. The van der Waals surface area contributed by atoms with E-state index in [4.69, 9.17) is 4.52 Å². The highest BCUT2D eigenvalue weighted by Gasteiger charge is 2.07. The van der Waals surface area contributed by atoms with Crippen molar-refractivity contribution in [1.82, 2.24) is 20.3 Å². The summed E-state index contributed by atoms with van der Waals surface area (Å²) in [5.41, 5.74) is 1.71. The minimum atomic E-state index is 0.652. The van der Waals surface area contributed by atoms with E-state index < -0.39 is 0 Å². The van der Waals surface area contributed by atoms with Gasteiger partial charge in [0, 0.05) is 6.42 Å². The Bertz CT molecular complexity index is 400. The fraction of sp³-hybridized carbons (Fsp3) is 0.500. The van der Waals surface area contributed by atoms with E-state index in [0.29, 0.717) is 11.6 Å². The Morgan fingerprint density at radius 1 is 1.53 bits per heavy atom. The summed E-state index contributed by atoms with van der Waals surface area (Å²) >= 11 is 3.07. The van der Waals surface area contributed by atoms with Gasteiger partial charge in [-0.2, -0.15) is 4.98 Å². The van der Waals surface area contributed by atoms with Crippen LogP contribution in [0, 0.1) is 0 Å². The Labute approximate surface area is 95.3 Å².